The first-order chi connectivity index (χ1) is 17.8. The molecular formula is C25H19FN8O2S. The summed E-state index contributed by atoms with van der Waals surface area (Å²) in [5.41, 5.74) is 5.90. The molecule has 3 N–H and O–H groups in total. The molecule has 0 fully saturated rings. The Kier molecular flexibility index (Phi) is 5.46. The van der Waals surface area contributed by atoms with Gasteiger partial charge in [0.2, 0.25) is 10.0 Å². The second-order valence-corrected chi connectivity index (χ2v) is 10.4. The summed E-state index contributed by atoms with van der Waals surface area (Å²) in [6, 6.07) is 12.0. The average molecular weight is 515 g/mol. The zero-order valence-corrected chi connectivity index (χ0v) is 20.2. The van der Waals surface area contributed by atoms with E-state index in [-0.39, 0.29) is 6.54 Å². The van der Waals surface area contributed by atoms with Crippen molar-refractivity contribution in [3.8, 4) is 33.9 Å². The lowest BCUT2D eigenvalue weighted by Crippen LogP contribution is -2.21. The molecule has 2 aromatic carbocycles. The molecule has 0 spiro atoms. The number of imidazole rings is 1. The number of hydrogen-bond donors (Lipinski definition) is 3. The predicted molar refractivity (Wildman–Crippen MR) is 137 cm³/mol. The van der Waals surface area contributed by atoms with E-state index in [9.17, 15) is 12.8 Å². The number of fused-ring (bicyclic) bond motifs is 2. The van der Waals surface area contributed by atoms with Gasteiger partial charge in [0.25, 0.3) is 0 Å². The van der Waals surface area contributed by atoms with Gasteiger partial charge in [-0.25, -0.2) is 32.5 Å². The lowest BCUT2D eigenvalue weighted by molar-refractivity contribution is 0.586. The lowest BCUT2D eigenvalue weighted by atomic mass is 10.1. The van der Waals surface area contributed by atoms with Crippen LogP contribution in [-0.2, 0) is 16.6 Å². The Morgan fingerprint density at radius 3 is 2.59 bits per heavy atom. The molecule has 184 valence electrons. The summed E-state index contributed by atoms with van der Waals surface area (Å²) < 4.78 is 39.8. The SMILES string of the molecule is CS(=O)(=O)NCc1cc(F)cc(-c2nccc3[nH]c(-c4n[nH]c5ccc(-c6cncnc6)cc45)nc23)c1. The minimum atomic E-state index is -3.43. The van der Waals surface area contributed by atoms with E-state index in [4.69, 9.17) is 4.98 Å². The van der Waals surface area contributed by atoms with Gasteiger partial charge in [-0.05, 0) is 47.5 Å². The van der Waals surface area contributed by atoms with E-state index in [0.717, 1.165) is 28.3 Å². The number of rotatable bonds is 6. The number of halogens is 1. The Hall–Kier alpha value is -4.55. The van der Waals surface area contributed by atoms with Gasteiger partial charge < -0.3 is 4.98 Å². The summed E-state index contributed by atoms with van der Waals surface area (Å²) in [4.78, 5) is 20.7. The van der Waals surface area contributed by atoms with Crippen LogP contribution in [0.5, 0.6) is 0 Å². The number of H-pyrrole nitrogens is 2. The molecule has 6 rings (SSSR count). The number of pyridine rings is 1. The van der Waals surface area contributed by atoms with Crippen molar-refractivity contribution in [2.75, 3.05) is 6.26 Å². The van der Waals surface area contributed by atoms with Crippen molar-refractivity contribution in [2.45, 2.75) is 6.54 Å². The molecule has 6 aromatic rings. The number of nitrogens with one attached hydrogen (secondary N) is 3. The highest BCUT2D eigenvalue weighted by Gasteiger charge is 2.17. The van der Waals surface area contributed by atoms with E-state index < -0.39 is 15.8 Å². The van der Waals surface area contributed by atoms with Crippen molar-refractivity contribution >= 4 is 32.0 Å². The van der Waals surface area contributed by atoms with Gasteiger partial charge >= 0.3 is 0 Å². The molecule has 0 atom stereocenters. The minimum absolute atomic E-state index is 0.0422. The summed E-state index contributed by atoms with van der Waals surface area (Å²) in [6.45, 7) is -0.0422. The Bertz CT molecular complexity index is 1880. The summed E-state index contributed by atoms with van der Waals surface area (Å²) >= 11 is 0. The fraction of sp³-hybridized carbons (Fsp3) is 0.0800. The Morgan fingerprint density at radius 1 is 0.946 bits per heavy atom. The van der Waals surface area contributed by atoms with Crippen molar-refractivity contribution in [1.29, 1.82) is 0 Å². The quantitative estimate of drug-likeness (QED) is 0.307. The third-order valence-corrected chi connectivity index (χ3v) is 6.52. The van der Waals surface area contributed by atoms with E-state index in [1.165, 1.54) is 18.5 Å². The lowest BCUT2D eigenvalue weighted by Gasteiger charge is -2.07. The highest BCUT2D eigenvalue weighted by Crippen LogP contribution is 2.32. The maximum atomic E-state index is 14.5. The third-order valence-electron chi connectivity index (χ3n) is 5.85. The number of benzene rings is 2. The fourth-order valence-corrected chi connectivity index (χ4v) is 4.61. The molecule has 0 saturated heterocycles. The van der Waals surface area contributed by atoms with Crippen LogP contribution in [0.15, 0.2) is 67.4 Å². The van der Waals surface area contributed by atoms with Crippen LogP contribution in [0.4, 0.5) is 4.39 Å². The van der Waals surface area contributed by atoms with Crippen molar-refractivity contribution in [3.05, 3.63) is 78.8 Å². The monoisotopic (exact) mass is 514 g/mol. The van der Waals surface area contributed by atoms with Crippen molar-refractivity contribution in [3.63, 3.8) is 0 Å². The van der Waals surface area contributed by atoms with E-state index in [1.54, 1.807) is 30.7 Å². The van der Waals surface area contributed by atoms with Crippen LogP contribution in [0.1, 0.15) is 5.56 Å². The summed E-state index contributed by atoms with van der Waals surface area (Å²) in [7, 11) is -3.43. The zero-order valence-electron chi connectivity index (χ0n) is 19.4. The van der Waals surface area contributed by atoms with Crippen molar-refractivity contribution in [1.82, 2.24) is 39.8 Å². The summed E-state index contributed by atoms with van der Waals surface area (Å²) in [5.74, 6) is 0.0143. The molecule has 0 aliphatic carbocycles. The zero-order chi connectivity index (χ0) is 25.6. The molecular weight excluding hydrogens is 495 g/mol. The van der Waals surface area contributed by atoms with Crippen LogP contribution in [0.3, 0.4) is 0 Å². The molecule has 37 heavy (non-hydrogen) atoms. The first kappa shape index (κ1) is 22.9. The van der Waals surface area contributed by atoms with Gasteiger partial charge in [0, 0.05) is 41.6 Å². The van der Waals surface area contributed by atoms with Crippen LogP contribution >= 0.6 is 0 Å². The van der Waals surface area contributed by atoms with Gasteiger partial charge in [0.15, 0.2) is 5.82 Å². The van der Waals surface area contributed by atoms with Gasteiger partial charge in [0.05, 0.1) is 23.0 Å². The molecule has 0 aliphatic heterocycles. The second kappa shape index (κ2) is 8.84. The van der Waals surface area contributed by atoms with Crippen LogP contribution in [0.25, 0.3) is 55.8 Å². The van der Waals surface area contributed by atoms with Crippen LogP contribution in [0, 0.1) is 5.82 Å². The van der Waals surface area contributed by atoms with Crippen LogP contribution in [0.2, 0.25) is 0 Å². The Morgan fingerprint density at radius 2 is 1.78 bits per heavy atom. The fourth-order valence-electron chi connectivity index (χ4n) is 4.18. The van der Waals surface area contributed by atoms with Gasteiger partial charge in [0.1, 0.15) is 23.4 Å². The molecule has 4 heterocycles. The smallest absolute Gasteiger partial charge is 0.209 e. The van der Waals surface area contributed by atoms with Crippen LogP contribution < -0.4 is 4.72 Å². The molecule has 0 bridgehead atoms. The minimum Gasteiger partial charge on any atom is -0.336 e. The standard InChI is InChI=1S/C25H19FN8O2S/c1-37(35,36)30-10-14-6-16(8-18(26)7-14)22-24-21(4-5-29-22)31-25(32-24)23-19-9-15(2-3-20(19)33-34-23)17-11-27-13-28-12-17/h2-9,11-13,30H,10H2,1H3,(H,31,32)(H,33,34). The summed E-state index contributed by atoms with van der Waals surface area (Å²) in [5, 5.41) is 8.37. The van der Waals surface area contributed by atoms with Gasteiger partial charge in [-0.2, -0.15) is 5.10 Å². The van der Waals surface area contributed by atoms with E-state index >= 15 is 0 Å². The third kappa shape index (κ3) is 4.55. The first-order valence-corrected chi connectivity index (χ1v) is 13.1. The molecule has 0 unspecified atom stereocenters. The van der Waals surface area contributed by atoms with Crippen molar-refractivity contribution < 1.29 is 12.8 Å². The normalized spacial score (nSPS) is 11.9. The number of sulfonamides is 1. The average Bonchev–Trinajstić information content (AvgIpc) is 3.51. The molecule has 12 heteroatoms. The topological polar surface area (TPSA) is 142 Å². The molecule has 0 saturated carbocycles. The van der Waals surface area contributed by atoms with Crippen LogP contribution in [-0.4, -0.2) is 49.8 Å². The Balaban J connectivity index is 1.44. The number of aromatic amines is 2. The summed E-state index contributed by atoms with van der Waals surface area (Å²) in [6.07, 6.45) is 7.62. The molecule has 10 nitrogen and oxygen atoms in total. The van der Waals surface area contributed by atoms with E-state index in [1.807, 2.05) is 18.2 Å². The second-order valence-electron chi connectivity index (χ2n) is 8.54. The number of nitrogens with zero attached hydrogens (tertiary/aromatic N) is 5. The molecule has 0 amide bonds. The number of hydrogen-bond acceptors (Lipinski definition) is 7. The Labute approximate surface area is 210 Å². The highest BCUT2D eigenvalue weighted by molar-refractivity contribution is 7.88. The maximum absolute atomic E-state index is 14.5. The van der Waals surface area contributed by atoms with E-state index in [0.29, 0.717) is 39.4 Å². The van der Waals surface area contributed by atoms with E-state index in [2.05, 4.69) is 34.9 Å². The molecule has 0 radical (unpaired) electrons. The molecule has 4 aromatic heterocycles. The number of aromatic nitrogens is 7. The van der Waals surface area contributed by atoms with Gasteiger partial charge in [-0.3, -0.25) is 10.1 Å². The maximum Gasteiger partial charge on any atom is 0.209 e. The largest absolute Gasteiger partial charge is 0.336 e. The highest BCUT2D eigenvalue weighted by atomic mass is 32.2. The predicted octanol–water partition coefficient (Wildman–Crippen LogP) is 3.81. The van der Waals surface area contributed by atoms with Gasteiger partial charge in [-0.15, -0.1) is 0 Å². The van der Waals surface area contributed by atoms with Gasteiger partial charge in [-0.1, -0.05) is 6.07 Å². The first-order valence-electron chi connectivity index (χ1n) is 11.2. The van der Waals surface area contributed by atoms with Crippen molar-refractivity contribution in [2.24, 2.45) is 0 Å². The molecule has 0 aliphatic rings.